The summed E-state index contributed by atoms with van der Waals surface area (Å²) in [5.41, 5.74) is 0.231. The number of hydrogen-bond donors (Lipinski definition) is 0. The molecule has 1 aromatic carbocycles. The van der Waals surface area contributed by atoms with E-state index >= 15 is 0 Å². The van der Waals surface area contributed by atoms with Crippen LogP contribution in [-0.2, 0) is 0 Å². The van der Waals surface area contributed by atoms with Crippen LogP contribution in [-0.4, -0.2) is 17.3 Å². The van der Waals surface area contributed by atoms with Gasteiger partial charge in [-0.05, 0) is 25.0 Å². The van der Waals surface area contributed by atoms with E-state index in [0.29, 0.717) is 18.6 Å². The molecular formula is C14H19NO4. The van der Waals surface area contributed by atoms with Crippen LogP contribution in [0.1, 0.15) is 49.9 Å². The van der Waals surface area contributed by atoms with Crippen LogP contribution < -0.4 is 4.74 Å². The van der Waals surface area contributed by atoms with Crippen molar-refractivity contribution in [3.05, 3.63) is 33.9 Å². The average molecular weight is 265 g/mol. The highest BCUT2D eigenvalue weighted by Crippen LogP contribution is 2.28. The fraction of sp³-hybridized carbons (Fsp3) is 0.500. The Balaban J connectivity index is 2.94. The molecule has 0 atom stereocenters. The van der Waals surface area contributed by atoms with E-state index in [1.54, 1.807) is 6.07 Å². The summed E-state index contributed by atoms with van der Waals surface area (Å²) < 4.78 is 5.38. The standard InChI is InChI=1S/C14H19NO4/c1-3-5-9-19-14-8-7-11(13(16)6-4-2)10-12(14)15(17)18/h7-8,10H,3-6,9H2,1-2H3. The summed E-state index contributed by atoms with van der Waals surface area (Å²) in [6.45, 7) is 4.36. The van der Waals surface area contributed by atoms with Crippen molar-refractivity contribution in [2.24, 2.45) is 0 Å². The first-order chi connectivity index (χ1) is 9.10. The number of nitrogens with zero attached hydrogens (tertiary/aromatic N) is 1. The van der Waals surface area contributed by atoms with E-state index in [4.69, 9.17) is 4.74 Å². The maximum absolute atomic E-state index is 11.7. The summed E-state index contributed by atoms with van der Waals surface area (Å²) in [6.07, 6.45) is 2.92. The van der Waals surface area contributed by atoms with Crippen LogP contribution in [0.4, 0.5) is 5.69 Å². The zero-order valence-corrected chi connectivity index (χ0v) is 11.3. The summed E-state index contributed by atoms with van der Waals surface area (Å²) in [7, 11) is 0. The normalized spacial score (nSPS) is 10.2. The highest BCUT2D eigenvalue weighted by molar-refractivity contribution is 5.96. The number of unbranched alkanes of at least 4 members (excludes halogenated alkanes) is 1. The largest absolute Gasteiger partial charge is 0.487 e. The van der Waals surface area contributed by atoms with E-state index < -0.39 is 4.92 Å². The molecule has 0 bridgehead atoms. The molecule has 0 aliphatic heterocycles. The fourth-order valence-electron chi connectivity index (χ4n) is 1.65. The van der Waals surface area contributed by atoms with Gasteiger partial charge in [0.15, 0.2) is 11.5 Å². The van der Waals surface area contributed by atoms with Gasteiger partial charge in [-0.15, -0.1) is 0 Å². The highest BCUT2D eigenvalue weighted by atomic mass is 16.6. The predicted octanol–water partition coefficient (Wildman–Crippen LogP) is 3.76. The number of ketones is 1. The molecule has 1 aromatic rings. The Hall–Kier alpha value is -1.91. The molecule has 0 amide bonds. The van der Waals surface area contributed by atoms with E-state index in [9.17, 15) is 14.9 Å². The van der Waals surface area contributed by atoms with Gasteiger partial charge in [0, 0.05) is 18.1 Å². The topological polar surface area (TPSA) is 69.4 Å². The third-order valence-electron chi connectivity index (χ3n) is 2.71. The Morgan fingerprint density at radius 2 is 2.05 bits per heavy atom. The summed E-state index contributed by atoms with van der Waals surface area (Å²) in [5.74, 6) is 0.150. The SMILES string of the molecule is CCCCOc1ccc(C(=O)CCC)cc1[N+](=O)[O-]. The van der Waals surface area contributed by atoms with Gasteiger partial charge in [0.05, 0.1) is 11.5 Å². The number of hydrogen-bond acceptors (Lipinski definition) is 4. The molecule has 0 N–H and O–H groups in total. The molecule has 5 nitrogen and oxygen atoms in total. The van der Waals surface area contributed by atoms with Crippen LogP contribution in [0.25, 0.3) is 0 Å². The Kier molecular flexibility index (Phi) is 5.99. The molecule has 0 fully saturated rings. The smallest absolute Gasteiger partial charge is 0.311 e. The average Bonchev–Trinajstić information content (AvgIpc) is 2.39. The molecule has 19 heavy (non-hydrogen) atoms. The third-order valence-corrected chi connectivity index (χ3v) is 2.71. The molecule has 0 aliphatic rings. The van der Waals surface area contributed by atoms with Crippen LogP contribution in [0.2, 0.25) is 0 Å². The molecule has 1 rings (SSSR count). The summed E-state index contributed by atoms with van der Waals surface area (Å²) >= 11 is 0. The number of nitro groups is 1. The predicted molar refractivity (Wildman–Crippen MR) is 72.7 cm³/mol. The number of carbonyl (C=O) groups excluding carboxylic acids is 1. The number of Topliss-reactive ketones (excluding diaryl/α,β-unsaturated/α-hetero) is 1. The van der Waals surface area contributed by atoms with E-state index in [0.717, 1.165) is 19.3 Å². The first kappa shape index (κ1) is 15.1. The Morgan fingerprint density at radius 1 is 1.32 bits per heavy atom. The third kappa shape index (κ3) is 4.35. The summed E-state index contributed by atoms with van der Waals surface area (Å²) in [4.78, 5) is 22.2. The van der Waals surface area contributed by atoms with Crippen molar-refractivity contribution in [1.29, 1.82) is 0 Å². The van der Waals surface area contributed by atoms with Gasteiger partial charge in [-0.1, -0.05) is 20.3 Å². The maximum Gasteiger partial charge on any atom is 0.311 e. The van der Waals surface area contributed by atoms with Gasteiger partial charge in [0.25, 0.3) is 0 Å². The van der Waals surface area contributed by atoms with E-state index in [1.165, 1.54) is 12.1 Å². The number of carbonyl (C=O) groups is 1. The van der Waals surface area contributed by atoms with Gasteiger partial charge < -0.3 is 4.74 Å². The van der Waals surface area contributed by atoms with Crippen molar-refractivity contribution in [2.45, 2.75) is 39.5 Å². The van der Waals surface area contributed by atoms with Gasteiger partial charge in [0.1, 0.15) is 0 Å². The lowest BCUT2D eigenvalue weighted by molar-refractivity contribution is -0.385. The number of benzene rings is 1. The lowest BCUT2D eigenvalue weighted by Crippen LogP contribution is -2.03. The number of ether oxygens (including phenoxy) is 1. The van der Waals surface area contributed by atoms with E-state index in [2.05, 4.69) is 0 Å². The molecule has 104 valence electrons. The Morgan fingerprint density at radius 3 is 2.63 bits per heavy atom. The van der Waals surface area contributed by atoms with E-state index in [1.807, 2.05) is 13.8 Å². The molecule has 0 spiro atoms. The van der Waals surface area contributed by atoms with Crippen molar-refractivity contribution in [2.75, 3.05) is 6.61 Å². The first-order valence-corrected chi connectivity index (χ1v) is 6.54. The summed E-state index contributed by atoms with van der Waals surface area (Å²) in [6, 6.07) is 4.40. The van der Waals surface area contributed by atoms with E-state index in [-0.39, 0.29) is 17.2 Å². The van der Waals surface area contributed by atoms with Gasteiger partial charge in [0.2, 0.25) is 0 Å². The maximum atomic E-state index is 11.7. The first-order valence-electron chi connectivity index (χ1n) is 6.54. The monoisotopic (exact) mass is 265 g/mol. The van der Waals surface area contributed by atoms with Crippen molar-refractivity contribution >= 4 is 11.5 Å². The van der Waals surface area contributed by atoms with Crippen LogP contribution in [0.3, 0.4) is 0 Å². The summed E-state index contributed by atoms with van der Waals surface area (Å²) in [5, 5.41) is 11.0. The van der Waals surface area contributed by atoms with Crippen molar-refractivity contribution in [1.82, 2.24) is 0 Å². The molecular weight excluding hydrogens is 246 g/mol. The van der Waals surface area contributed by atoms with Crippen LogP contribution in [0.5, 0.6) is 5.75 Å². The number of nitro benzene ring substituents is 1. The van der Waals surface area contributed by atoms with Crippen LogP contribution in [0.15, 0.2) is 18.2 Å². The zero-order chi connectivity index (χ0) is 14.3. The van der Waals surface area contributed by atoms with Gasteiger partial charge in [-0.2, -0.15) is 0 Å². The molecule has 5 heteroatoms. The fourth-order valence-corrected chi connectivity index (χ4v) is 1.65. The minimum absolute atomic E-state index is 0.0780. The van der Waals surface area contributed by atoms with Gasteiger partial charge in [-0.25, -0.2) is 0 Å². The second kappa shape index (κ2) is 7.51. The minimum Gasteiger partial charge on any atom is -0.487 e. The lowest BCUT2D eigenvalue weighted by atomic mass is 10.1. The van der Waals surface area contributed by atoms with Crippen molar-refractivity contribution < 1.29 is 14.5 Å². The van der Waals surface area contributed by atoms with Crippen molar-refractivity contribution in [3.63, 3.8) is 0 Å². The number of rotatable bonds is 8. The van der Waals surface area contributed by atoms with Gasteiger partial charge >= 0.3 is 5.69 Å². The van der Waals surface area contributed by atoms with Crippen molar-refractivity contribution in [3.8, 4) is 5.75 Å². The van der Waals surface area contributed by atoms with Crippen LogP contribution in [0, 0.1) is 10.1 Å². The minimum atomic E-state index is -0.510. The molecule has 0 unspecified atom stereocenters. The highest BCUT2D eigenvalue weighted by Gasteiger charge is 2.18. The second-order valence-corrected chi connectivity index (χ2v) is 4.31. The molecule has 0 saturated heterocycles. The Labute approximate surface area is 112 Å². The molecule has 0 saturated carbocycles. The van der Waals surface area contributed by atoms with Gasteiger partial charge in [-0.3, -0.25) is 14.9 Å². The molecule has 0 heterocycles. The molecule has 0 aromatic heterocycles. The zero-order valence-electron chi connectivity index (χ0n) is 11.3. The quantitative estimate of drug-likeness (QED) is 0.310. The van der Waals surface area contributed by atoms with Crippen LogP contribution >= 0.6 is 0 Å². The molecule has 0 aliphatic carbocycles. The second-order valence-electron chi connectivity index (χ2n) is 4.31. The Bertz CT molecular complexity index is 457. The lowest BCUT2D eigenvalue weighted by Gasteiger charge is -2.07. The molecule has 0 radical (unpaired) electrons.